The zero-order chi connectivity index (χ0) is 13.6. The Bertz CT molecular complexity index is 599. The van der Waals surface area contributed by atoms with Crippen molar-refractivity contribution in [1.82, 2.24) is 0 Å². The van der Waals surface area contributed by atoms with E-state index in [9.17, 15) is 13.2 Å². The lowest BCUT2D eigenvalue weighted by atomic mass is 9.78. The molecule has 1 aliphatic rings. The number of rotatable bonds is 3. The number of carboxylic acid groups (broad SMARTS) is 1. The Morgan fingerprint density at radius 1 is 1.39 bits per heavy atom. The van der Waals surface area contributed by atoms with Gasteiger partial charge in [0.25, 0.3) is 0 Å². The molecule has 0 saturated heterocycles. The van der Waals surface area contributed by atoms with Gasteiger partial charge >= 0.3 is 5.97 Å². The van der Waals surface area contributed by atoms with E-state index in [4.69, 9.17) is 5.11 Å². The lowest BCUT2D eigenvalue weighted by molar-refractivity contribution is -0.138. The van der Waals surface area contributed by atoms with Gasteiger partial charge in [-0.25, -0.2) is 8.42 Å². The topological polar surface area (TPSA) is 71.4 Å². The molecular formula is C13H16O4S. The van der Waals surface area contributed by atoms with Crippen molar-refractivity contribution in [2.75, 3.05) is 5.75 Å². The highest BCUT2D eigenvalue weighted by Crippen LogP contribution is 2.36. The Labute approximate surface area is 107 Å². The van der Waals surface area contributed by atoms with E-state index in [1.165, 1.54) is 0 Å². The summed E-state index contributed by atoms with van der Waals surface area (Å²) in [6.07, 6.45) is 0.473. The summed E-state index contributed by atoms with van der Waals surface area (Å²) in [5, 5.41) is 8.94. The zero-order valence-corrected chi connectivity index (χ0v) is 11.3. The molecule has 1 aromatic rings. The van der Waals surface area contributed by atoms with Crippen molar-refractivity contribution in [1.29, 1.82) is 0 Å². The van der Waals surface area contributed by atoms with Crippen LogP contribution >= 0.6 is 0 Å². The highest BCUT2D eigenvalue weighted by Gasteiger charge is 2.33. The number of hydrogen-bond acceptors (Lipinski definition) is 3. The zero-order valence-electron chi connectivity index (χ0n) is 10.4. The van der Waals surface area contributed by atoms with Crippen molar-refractivity contribution in [3.63, 3.8) is 0 Å². The minimum absolute atomic E-state index is 0.0104. The third-order valence-corrected chi connectivity index (χ3v) is 5.21. The number of fused-ring (bicyclic) bond motifs is 1. The molecule has 0 aromatic heterocycles. The van der Waals surface area contributed by atoms with E-state index in [1.54, 1.807) is 12.1 Å². The average Bonchev–Trinajstić information content (AvgIpc) is 2.53. The van der Waals surface area contributed by atoms with E-state index < -0.39 is 21.2 Å². The summed E-state index contributed by atoms with van der Waals surface area (Å²) in [6.45, 7) is 3.67. The van der Waals surface area contributed by atoms with Gasteiger partial charge in [0.15, 0.2) is 9.84 Å². The molecular weight excluding hydrogens is 252 g/mol. The van der Waals surface area contributed by atoms with Crippen LogP contribution in [-0.2, 0) is 26.5 Å². The van der Waals surface area contributed by atoms with Gasteiger partial charge in [0.1, 0.15) is 0 Å². The third-order valence-electron chi connectivity index (χ3n) is 3.41. The van der Waals surface area contributed by atoms with Crippen LogP contribution in [0.5, 0.6) is 0 Å². The number of sulfone groups is 1. The Hall–Kier alpha value is -1.36. The normalized spacial score (nSPS) is 17.4. The van der Waals surface area contributed by atoms with Crippen molar-refractivity contribution in [3.8, 4) is 0 Å². The monoisotopic (exact) mass is 268 g/mol. The molecule has 1 aromatic carbocycles. The lowest BCUT2D eigenvalue weighted by Gasteiger charge is -2.25. The predicted octanol–water partition coefficient (Wildman–Crippen LogP) is 1.77. The number of hydrogen-bond donors (Lipinski definition) is 1. The van der Waals surface area contributed by atoms with E-state index >= 15 is 0 Å². The van der Waals surface area contributed by atoms with Gasteiger partial charge in [0.05, 0.1) is 17.1 Å². The Balaban J connectivity index is 2.55. The van der Waals surface area contributed by atoms with Crippen LogP contribution in [0.3, 0.4) is 0 Å². The van der Waals surface area contributed by atoms with Crippen molar-refractivity contribution < 1.29 is 18.3 Å². The molecule has 0 bridgehead atoms. The van der Waals surface area contributed by atoms with Crippen molar-refractivity contribution in [2.45, 2.75) is 37.0 Å². The first-order valence-corrected chi connectivity index (χ1v) is 7.46. The number of carboxylic acids is 1. The summed E-state index contributed by atoms with van der Waals surface area (Å²) in [6, 6.07) is 5.14. The van der Waals surface area contributed by atoms with Gasteiger partial charge in [0.2, 0.25) is 0 Å². The molecule has 18 heavy (non-hydrogen) atoms. The minimum Gasteiger partial charge on any atom is -0.481 e. The Morgan fingerprint density at radius 2 is 2.06 bits per heavy atom. The molecule has 0 unspecified atom stereocenters. The number of benzene rings is 1. The second-order valence-corrected chi connectivity index (χ2v) is 7.38. The van der Waals surface area contributed by atoms with Crippen LogP contribution in [0.25, 0.3) is 0 Å². The van der Waals surface area contributed by atoms with Crippen molar-refractivity contribution in [3.05, 3.63) is 29.3 Å². The van der Waals surface area contributed by atoms with Crippen LogP contribution in [0.2, 0.25) is 0 Å². The molecule has 2 rings (SSSR count). The van der Waals surface area contributed by atoms with Crippen LogP contribution in [0.1, 0.15) is 31.4 Å². The van der Waals surface area contributed by atoms with Crippen molar-refractivity contribution >= 4 is 15.8 Å². The summed E-state index contributed by atoms with van der Waals surface area (Å²) in [4.78, 5) is 11.3. The maximum atomic E-state index is 11.8. The van der Waals surface area contributed by atoms with E-state index in [2.05, 4.69) is 0 Å². The smallest absolute Gasteiger partial charge is 0.304 e. The Kier molecular flexibility index (Phi) is 2.97. The van der Waals surface area contributed by atoms with E-state index in [0.29, 0.717) is 11.3 Å². The first-order valence-electron chi connectivity index (χ1n) is 5.81. The minimum atomic E-state index is -3.16. The van der Waals surface area contributed by atoms with Gasteiger partial charge in [-0.3, -0.25) is 4.79 Å². The van der Waals surface area contributed by atoms with Gasteiger partial charge in [0, 0.05) is 5.41 Å². The fourth-order valence-electron chi connectivity index (χ4n) is 2.57. The summed E-state index contributed by atoms with van der Waals surface area (Å²) in [5.41, 5.74) is 1.07. The van der Waals surface area contributed by atoms with Gasteiger partial charge in [-0.2, -0.15) is 0 Å². The third kappa shape index (κ3) is 2.14. The molecule has 98 valence electrons. The van der Waals surface area contributed by atoms with Crippen LogP contribution in [-0.4, -0.2) is 25.2 Å². The molecule has 0 radical (unpaired) electrons. The van der Waals surface area contributed by atoms with Crippen molar-refractivity contribution in [2.24, 2.45) is 0 Å². The maximum absolute atomic E-state index is 11.8. The van der Waals surface area contributed by atoms with Gasteiger partial charge in [-0.15, -0.1) is 0 Å². The van der Waals surface area contributed by atoms with Gasteiger partial charge in [-0.1, -0.05) is 26.0 Å². The number of aliphatic carboxylic acids is 1. The Morgan fingerprint density at radius 3 is 2.67 bits per heavy atom. The molecule has 4 nitrogen and oxygen atoms in total. The maximum Gasteiger partial charge on any atom is 0.304 e. The largest absolute Gasteiger partial charge is 0.481 e. The second-order valence-electron chi connectivity index (χ2n) is 5.31. The molecule has 1 heterocycles. The average molecular weight is 268 g/mol. The summed E-state index contributed by atoms with van der Waals surface area (Å²) in [7, 11) is -3.16. The molecule has 0 amide bonds. The van der Waals surface area contributed by atoms with Crippen LogP contribution in [0, 0.1) is 0 Å². The molecule has 5 heteroatoms. The highest BCUT2D eigenvalue weighted by atomic mass is 32.2. The fourth-order valence-corrected chi connectivity index (χ4v) is 4.13. The quantitative estimate of drug-likeness (QED) is 0.907. The second kappa shape index (κ2) is 4.09. The molecule has 0 aliphatic carbocycles. The molecule has 0 spiro atoms. The standard InChI is InChI=1S/C13H16O4S/c1-13(2,8-12(14)15)10-4-3-5-11-9(10)6-7-18(11,16)17/h3-5H,6-8H2,1-2H3,(H,14,15). The summed E-state index contributed by atoms with van der Waals surface area (Å²) >= 11 is 0. The lowest BCUT2D eigenvalue weighted by Crippen LogP contribution is -2.23. The molecule has 1 aliphatic heterocycles. The van der Waals surface area contributed by atoms with E-state index in [-0.39, 0.29) is 12.2 Å². The molecule has 0 fully saturated rings. The van der Waals surface area contributed by atoms with Gasteiger partial charge < -0.3 is 5.11 Å². The summed E-state index contributed by atoms with van der Waals surface area (Å²) < 4.78 is 23.7. The van der Waals surface area contributed by atoms with Crippen LogP contribution < -0.4 is 0 Å². The predicted molar refractivity (Wildman–Crippen MR) is 67.5 cm³/mol. The molecule has 1 N–H and O–H groups in total. The van der Waals surface area contributed by atoms with Gasteiger partial charge in [-0.05, 0) is 23.6 Å². The first-order chi connectivity index (χ1) is 8.24. The summed E-state index contributed by atoms with van der Waals surface area (Å²) in [5.74, 6) is -0.749. The highest BCUT2D eigenvalue weighted by molar-refractivity contribution is 7.91. The number of carbonyl (C=O) groups is 1. The SMILES string of the molecule is CC(C)(CC(=O)O)c1cccc2c1CCS2(=O)=O. The fraction of sp³-hybridized carbons (Fsp3) is 0.462. The van der Waals surface area contributed by atoms with Crippen LogP contribution in [0.4, 0.5) is 0 Å². The molecule has 0 atom stereocenters. The van der Waals surface area contributed by atoms with Crippen LogP contribution in [0.15, 0.2) is 23.1 Å². The first kappa shape index (κ1) is 13.1. The molecule has 0 saturated carbocycles. The van der Waals surface area contributed by atoms with E-state index in [0.717, 1.165) is 11.1 Å². The van der Waals surface area contributed by atoms with E-state index in [1.807, 2.05) is 19.9 Å².